The molecule has 1 amide bonds. The summed E-state index contributed by atoms with van der Waals surface area (Å²) < 4.78 is 30.8. The van der Waals surface area contributed by atoms with Crippen LogP contribution in [0, 0.1) is 0 Å². The third-order valence-electron chi connectivity index (χ3n) is 6.62. The van der Waals surface area contributed by atoms with Gasteiger partial charge < -0.3 is 19.4 Å². The highest BCUT2D eigenvalue weighted by atomic mass is 19.3. The number of anilines is 1. The van der Waals surface area contributed by atoms with E-state index in [9.17, 15) is 18.4 Å². The Hall–Kier alpha value is -3.23. The lowest BCUT2D eigenvalue weighted by atomic mass is 9.98. The van der Waals surface area contributed by atoms with Gasteiger partial charge in [0.25, 0.3) is 11.5 Å². The van der Waals surface area contributed by atoms with E-state index in [4.69, 9.17) is 4.98 Å². The van der Waals surface area contributed by atoms with Crippen molar-refractivity contribution in [2.75, 3.05) is 18.4 Å². The van der Waals surface area contributed by atoms with Gasteiger partial charge in [-0.15, -0.1) is 0 Å². The number of halogens is 2. The number of hydrogen-bond donors (Lipinski definition) is 1. The molecule has 1 fully saturated rings. The Morgan fingerprint density at radius 1 is 1.27 bits per heavy atom. The zero-order valence-electron chi connectivity index (χ0n) is 18.6. The van der Waals surface area contributed by atoms with Crippen molar-refractivity contribution < 1.29 is 13.6 Å². The van der Waals surface area contributed by atoms with Crippen LogP contribution in [-0.2, 0) is 30.7 Å². The summed E-state index contributed by atoms with van der Waals surface area (Å²) in [5, 5.41) is 3.49. The highest BCUT2D eigenvalue weighted by molar-refractivity contribution is 5.87. The fourth-order valence-electron chi connectivity index (χ4n) is 4.80. The number of amides is 1. The van der Waals surface area contributed by atoms with Crippen LogP contribution in [0.15, 0.2) is 41.3 Å². The average Bonchev–Trinajstić information content (AvgIpc) is 3.32. The molecule has 0 radical (unpaired) electrons. The molecule has 1 aromatic carbocycles. The second-order valence-corrected chi connectivity index (χ2v) is 9.06. The Labute approximate surface area is 190 Å². The third-order valence-corrected chi connectivity index (χ3v) is 6.62. The van der Waals surface area contributed by atoms with Crippen LogP contribution in [0.25, 0.3) is 11.0 Å². The van der Waals surface area contributed by atoms with Crippen LogP contribution in [0.2, 0.25) is 0 Å². The molecule has 2 aromatic heterocycles. The molecule has 0 aliphatic carbocycles. The summed E-state index contributed by atoms with van der Waals surface area (Å²) in [6.07, 6.45) is 3.72. The number of aromatic nitrogens is 3. The Kier molecular flexibility index (Phi) is 5.42. The molecular formula is C24H27F2N5O2. The van der Waals surface area contributed by atoms with Gasteiger partial charge in [-0.05, 0) is 38.0 Å². The number of alkyl halides is 2. The number of fused-ring (bicyclic) bond motifs is 3. The number of nitrogens with one attached hydrogen (secondary N) is 1. The Balaban J connectivity index is 1.50. The molecular weight excluding hydrogens is 428 g/mol. The van der Waals surface area contributed by atoms with Gasteiger partial charge in [0.1, 0.15) is 12.4 Å². The summed E-state index contributed by atoms with van der Waals surface area (Å²) in [4.78, 5) is 31.2. The van der Waals surface area contributed by atoms with Crippen LogP contribution in [0.1, 0.15) is 31.2 Å². The van der Waals surface area contributed by atoms with Crippen LogP contribution in [0.5, 0.6) is 0 Å². The molecule has 0 bridgehead atoms. The average molecular weight is 456 g/mol. The molecule has 1 N–H and O–H groups in total. The van der Waals surface area contributed by atoms with E-state index in [1.54, 1.807) is 22.9 Å². The van der Waals surface area contributed by atoms with Crippen molar-refractivity contribution in [1.82, 2.24) is 19.0 Å². The number of rotatable bonds is 5. The van der Waals surface area contributed by atoms with Gasteiger partial charge in [0.05, 0.1) is 17.6 Å². The van der Waals surface area contributed by atoms with Crippen LogP contribution < -0.4 is 10.9 Å². The number of carbonyl (C=O) groups is 1. The highest BCUT2D eigenvalue weighted by Crippen LogP contribution is 2.33. The van der Waals surface area contributed by atoms with E-state index >= 15 is 0 Å². The van der Waals surface area contributed by atoms with Crippen molar-refractivity contribution in [3.05, 3.63) is 58.3 Å². The van der Waals surface area contributed by atoms with E-state index in [-0.39, 0.29) is 31.0 Å². The Morgan fingerprint density at radius 2 is 2.12 bits per heavy atom. The topological polar surface area (TPSA) is 72.2 Å². The minimum atomic E-state index is -2.83. The summed E-state index contributed by atoms with van der Waals surface area (Å²) in [5.41, 5.74) is 3.71. The zero-order chi connectivity index (χ0) is 23.2. The van der Waals surface area contributed by atoms with Gasteiger partial charge in [-0.25, -0.2) is 13.8 Å². The maximum absolute atomic E-state index is 13.7. The second kappa shape index (κ2) is 8.28. The van der Waals surface area contributed by atoms with Crippen LogP contribution in [-0.4, -0.2) is 50.0 Å². The molecule has 2 aliphatic rings. The first-order chi connectivity index (χ1) is 15.8. The summed E-state index contributed by atoms with van der Waals surface area (Å²) in [6, 6.07) is 9.31. The zero-order valence-corrected chi connectivity index (χ0v) is 18.6. The molecule has 7 nitrogen and oxygen atoms in total. The number of imidazole rings is 1. The van der Waals surface area contributed by atoms with E-state index in [1.807, 2.05) is 16.7 Å². The van der Waals surface area contributed by atoms with Crippen molar-refractivity contribution in [3.8, 4) is 0 Å². The lowest BCUT2D eigenvalue weighted by Crippen LogP contribution is -2.34. The number of carbonyl (C=O) groups excluding carboxylic acids is 1. The van der Waals surface area contributed by atoms with Gasteiger partial charge in [0.2, 0.25) is 5.91 Å². The van der Waals surface area contributed by atoms with E-state index in [2.05, 4.69) is 12.2 Å². The van der Waals surface area contributed by atoms with E-state index in [0.717, 1.165) is 35.1 Å². The molecule has 33 heavy (non-hydrogen) atoms. The van der Waals surface area contributed by atoms with Crippen molar-refractivity contribution in [3.63, 3.8) is 0 Å². The predicted octanol–water partition coefficient (Wildman–Crippen LogP) is 3.05. The van der Waals surface area contributed by atoms with Gasteiger partial charge in [0, 0.05) is 55.5 Å². The van der Waals surface area contributed by atoms with Crippen LogP contribution >= 0.6 is 0 Å². The number of pyridine rings is 1. The number of likely N-dealkylation sites (tertiary alicyclic amines) is 1. The van der Waals surface area contributed by atoms with Gasteiger partial charge in [-0.1, -0.05) is 6.07 Å². The van der Waals surface area contributed by atoms with E-state index < -0.39 is 12.5 Å². The molecule has 3 aromatic rings. The monoisotopic (exact) mass is 455 g/mol. The minimum absolute atomic E-state index is 0.0474. The molecule has 0 unspecified atom stereocenters. The predicted molar refractivity (Wildman–Crippen MR) is 122 cm³/mol. The molecule has 0 spiro atoms. The SMILES string of the molecule is C[C@H]1CCc2c(ccc3c2nc(CCn2ccccc2=O)n3CC(=O)N2CCC(F)(F)C2)N1. The fraction of sp³-hybridized carbons (Fsp3) is 0.458. The summed E-state index contributed by atoms with van der Waals surface area (Å²) >= 11 is 0. The lowest BCUT2D eigenvalue weighted by Gasteiger charge is -2.24. The fourth-order valence-corrected chi connectivity index (χ4v) is 4.80. The Bertz CT molecular complexity index is 1270. The smallest absolute Gasteiger partial charge is 0.267 e. The molecule has 1 atom stereocenters. The van der Waals surface area contributed by atoms with Crippen molar-refractivity contribution in [2.24, 2.45) is 0 Å². The third kappa shape index (κ3) is 4.24. The first-order valence-electron chi connectivity index (χ1n) is 11.4. The molecule has 5 rings (SSSR count). The van der Waals surface area contributed by atoms with Crippen molar-refractivity contribution in [2.45, 2.75) is 57.7 Å². The summed E-state index contributed by atoms with van der Waals surface area (Å²) in [7, 11) is 0. The highest BCUT2D eigenvalue weighted by Gasteiger charge is 2.40. The van der Waals surface area contributed by atoms with Crippen molar-refractivity contribution in [1.29, 1.82) is 0 Å². The van der Waals surface area contributed by atoms with Gasteiger partial charge in [0.15, 0.2) is 0 Å². The van der Waals surface area contributed by atoms with E-state index in [0.29, 0.717) is 24.8 Å². The molecule has 1 saturated heterocycles. The summed E-state index contributed by atoms with van der Waals surface area (Å²) in [5.74, 6) is -2.49. The largest absolute Gasteiger partial charge is 0.382 e. The van der Waals surface area contributed by atoms with E-state index in [1.165, 1.54) is 11.0 Å². The van der Waals surface area contributed by atoms with Gasteiger partial charge >= 0.3 is 0 Å². The van der Waals surface area contributed by atoms with Gasteiger partial charge in [-0.2, -0.15) is 0 Å². The van der Waals surface area contributed by atoms with Crippen molar-refractivity contribution >= 4 is 22.6 Å². The molecule has 4 heterocycles. The summed E-state index contributed by atoms with van der Waals surface area (Å²) in [6.45, 7) is 2.03. The number of nitrogens with zero attached hydrogens (tertiary/aromatic N) is 4. The molecule has 0 saturated carbocycles. The minimum Gasteiger partial charge on any atom is -0.382 e. The maximum Gasteiger partial charge on any atom is 0.267 e. The van der Waals surface area contributed by atoms with Gasteiger partial charge in [-0.3, -0.25) is 9.59 Å². The molecule has 174 valence electrons. The molecule has 9 heteroatoms. The molecule has 2 aliphatic heterocycles. The quantitative estimate of drug-likeness (QED) is 0.642. The maximum atomic E-state index is 13.7. The van der Waals surface area contributed by atoms with Crippen LogP contribution in [0.4, 0.5) is 14.5 Å². The first kappa shape index (κ1) is 21.6. The Morgan fingerprint density at radius 3 is 2.88 bits per heavy atom. The number of aryl methyl sites for hydroxylation is 3. The first-order valence-corrected chi connectivity index (χ1v) is 11.4. The number of hydrogen-bond acceptors (Lipinski definition) is 4. The lowest BCUT2D eigenvalue weighted by molar-refractivity contribution is -0.132. The van der Waals surface area contributed by atoms with Crippen LogP contribution in [0.3, 0.4) is 0 Å². The normalized spacial score (nSPS) is 19.5. The standard InChI is InChI=1S/C24H27F2N5O2/c1-16-5-6-17-18(27-16)7-8-19-23(17)28-20(9-12-29-11-3-2-4-21(29)32)31(19)14-22(33)30-13-10-24(25,26)15-30/h2-4,7-8,11,16,27H,5-6,9-10,12-15H2,1H3/t16-/m0/s1. The number of benzene rings is 1. The second-order valence-electron chi connectivity index (χ2n) is 9.06.